The molecule has 0 aliphatic carbocycles. The molecule has 2 heterocycles. The highest BCUT2D eigenvalue weighted by molar-refractivity contribution is 6.51. The minimum Gasteiger partial charge on any atom is -0.507 e. The Morgan fingerprint density at radius 2 is 1.66 bits per heavy atom. The lowest BCUT2D eigenvalue weighted by Gasteiger charge is -2.28. The van der Waals surface area contributed by atoms with Crippen LogP contribution in [0.2, 0.25) is 0 Å². The molecule has 6 nitrogen and oxygen atoms in total. The summed E-state index contributed by atoms with van der Waals surface area (Å²) in [4.78, 5) is 29.8. The predicted octanol–water partition coefficient (Wildman–Crippen LogP) is 4.14. The predicted molar refractivity (Wildman–Crippen MR) is 123 cm³/mol. The largest absolute Gasteiger partial charge is 0.507 e. The molecular weight excluding hydrogens is 404 g/mol. The molecule has 3 aromatic rings. The van der Waals surface area contributed by atoms with E-state index in [0.29, 0.717) is 17.9 Å². The Hall–Kier alpha value is -4.06. The quantitative estimate of drug-likeness (QED) is 0.387. The van der Waals surface area contributed by atoms with Gasteiger partial charge in [-0.15, -0.1) is 0 Å². The molecule has 1 saturated heterocycles. The first-order valence-corrected chi connectivity index (χ1v) is 10.5. The summed E-state index contributed by atoms with van der Waals surface area (Å²) in [5, 5.41) is 11.3. The summed E-state index contributed by atoms with van der Waals surface area (Å²) >= 11 is 0. The average molecular weight is 426 g/mol. The zero-order valence-corrected chi connectivity index (χ0v) is 17.6. The number of amides is 1. The van der Waals surface area contributed by atoms with Gasteiger partial charge in [-0.1, -0.05) is 48.5 Å². The van der Waals surface area contributed by atoms with Crippen LogP contribution in [0, 0.1) is 0 Å². The first-order chi connectivity index (χ1) is 15.6. The minimum absolute atomic E-state index is 0.0735. The van der Waals surface area contributed by atoms with Crippen molar-refractivity contribution in [2.24, 2.45) is 0 Å². The second-order valence-corrected chi connectivity index (χ2v) is 7.87. The van der Waals surface area contributed by atoms with Crippen molar-refractivity contribution in [1.29, 1.82) is 0 Å². The SMILES string of the molecule is CN1CCOc2ccc(/C(O)=C3/C(=O)C(=O)N(c4ccccc4)C3c3ccccc3)cc21. The monoisotopic (exact) mass is 426 g/mol. The van der Waals surface area contributed by atoms with Gasteiger partial charge in [0.05, 0.1) is 23.8 Å². The van der Waals surface area contributed by atoms with Crippen molar-refractivity contribution >= 4 is 28.8 Å². The molecule has 0 aromatic heterocycles. The summed E-state index contributed by atoms with van der Waals surface area (Å²) < 4.78 is 5.69. The van der Waals surface area contributed by atoms with Crippen LogP contribution in [0.1, 0.15) is 17.2 Å². The van der Waals surface area contributed by atoms with Crippen LogP contribution in [-0.2, 0) is 9.59 Å². The highest BCUT2D eigenvalue weighted by atomic mass is 16.5. The number of aliphatic hydroxyl groups is 1. The van der Waals surface area contributed by atoms with Gasteiger partial charge in [0.25, 0.3) is 11.7 Å². The van der Waals surface area contributed by atoms with Crippen LogP contribution in [0.25, 0.3) is 5.76 Å². The van der Waals surface area contributed by atoms with Crippen molar-refractivity contribution in [1.82, 2.24) is 0 Å². The van der Waals surface area contributed by atoms with Crippen LogP contribution in [-0.4, -0.2) is 37.0 Å². The summed E-state index contributed by atoms with van der Waals surface area (Å²) in [7, 11) is 1.95. The van der Waals surface area contributed by atoms with Crippen molar-refractivity contribution in [3.63, 3.8) is 0 Å². The van der Waals surface area contributed by atoms with Gasteiger partial charge in [-0.3, -0.25) is 14.5 Å². The van der Waals surface area contributed by atoms with E-state index in [-0.39, 0.29) is 11.3 Å². The Kier molecular flexibility index (Phi) is 4.90. The van der Waals surface area contributed by atoms with E-state index in [9.17, 15) is 14.7 Å². The summed E-state index contributed by atoms with van der Waals surface area (Å²) in [6, 6.07) is 22.9. The molecule has 0 radical (unpaired) electrons. The van der Waals surface area contributed by atoms with Gasteiger partial charge in [0.1, 0.15) is 18.1 Å². The number of carbonyl (C=O) groups excluding carboxylic acids is 2. The lowest BCUT2D eigenvalue weighted by atomic mass is 9.95. The Morgan fingerprint density at radius 1 is 0.969 bits per heavy atom. The number of hydrogen-bond acceptors (Lipinski definition) is 5. The number of para-hydroxylation sites is 1. The Labute approximate surface area is 186 Å². The molecule has 160 valence electrons. The molecule has 1 amide bonds. The zero-order chi connectivity index (χ0) is 22.2. The molecule has 1 N–H and O–H groups in total. The van der Waals surface area contributed by atoms with Gasteiger partial charge in [-0.25, -0.2) is 0 Å². The van der Waals surface area contributed by atoms with Gasteiger partial charge in [0.15, 0.2) is 0 Å². The van der Waals surface area contributed by atoms with Crippen LogP contribution in [0.4, 0.5) is 11.4 Å². The van der Waals surface area contributed by atoms with Crippen molar-refractivity contribution in [2.45, 2.75) is 6.04 Å². The van der Waals surface area contributed by atoms with Crippen LogP contribution in [0.15, 0.2) is 84.4 Å². The van der Waals surface area contributed by atoms with Gasteiger partial charge in [-0.2, -0.15) is 0 Å². The van der Waals surface area contributed by atoms with Crippen LogP contribution < -0.4 is 14.5 Å². The summed E-state index contributed by atoms with van der Waals surface area (Å²) in [6.07, 6.45) is 0. The number of ether oxygens (including phenoxy) is 1. The molecule has 3 aromatic carbocycles. The number of Topliss-reactive ketones (excluding diaryl/α,β-unsaturated/α-hetero) is 1. The fourth-order valence-corrected chi connectivity index (χ4v) is 4.29. The first-order valence-electron chi connectivity index (χ1n) is 10.5. The van der Waals surface area contributed by atoms with Crippen LogP contribution in [0.3, 0.4) is 0 Å². The Balaban J connectivity index is 1.69. The summed E-state index contributed by atoms with van der Waals surface area (Å²) in [5.74, 6) is -0.843. The second-order valence-electron chi connectivity index (χ2n) is 7.87. The smallest absolute Gasteiger partial charge is 0.300 e. The number of rotatable bonds is 3. The number of carbonyl (C=O) groups is 2. The molecule has 2 aliphatic rings. The van der Waals surface area contributed by atoms with Crippen molar-refractivity contribution in [3.05, 3.63) is 95.6 Å². The fraction of sp³-hybridized carbons (Fsp3) is 0.154. The molecule has 32 heavy (non-hydrogen) atoms. The molecule has 5 rings (SSSR count). The number of benzene rings is 3. The number of likely N-dealkylation sites (N-methyl/N-ethyl adjacent to an activating group) is 1. The molecule has 0 bridgehead atoms. The van der Waals surface area contributed by atoms with E-state index >= 15 is 0 Å². The minimum atomic E-state index is -0.733. The van der Waals surface area contributed by atoms with Crippen molar-refractivity contribution < 1.29 is 19.4 Å². The standard InChI is InChI=1S/C26H22N2O4/c1-27-14-15-32-21-13-12-18(16-20(21)27)24(29)22-23(17-8-4-2-5-9-17)28(26(31)25(22)30)19-10-6-3-7-11-19/h2-13,16,23,29H,14-15H2,1H3/b24-22-. The molecule has 0 spiro atoms. The number of anilines is 2. The third kappa shape index (κ3) is 3.21. The molecule has 2 aliphatic heterocycles. The van der Waals surface area contributed by atoms with Crippen molar-refractivity contribution in [3.8, 4) is 5.75 Å². The topological polar surface area (TPSA) is 70.1 Å². The first kappa shape index (κ1) is 19.9. The average Bonchev–Trinajstić information content (AvgIpc) is 3.10. The number of hydrogen-bond donors (Lipinski definition) is 1. The molecule has 0 saturated carbocycles. The van der Waals surface area contributed by atoms with Gasteiger partial charge in [0, 0.05) is 18.3 Å². The van der Waals surface area contributed by atoms with Gasteiger partial charge in [0.2, 0.25) is 0 Å². The molecule has 6 heteroatoms. The molecular formula is C26H22N2O4. The van der Waals surface area contributed by atoms with Gasteiger partial charge in [-0.05, 0) is 35.9 Å². The van der Waals surface area contributed by atoms with E-state index in [4.69, 9.17) is 4.74 Å². The normalized spacial score (nSPS) is 19.6. The van der Waals surface area contributed by atoms with Crippen LogP contribution in [0.5, 0.6) is 5.75 Å². The Bertz CT molecular complexity index is 1220. The van der Waals surface area contributed by atoms with E-state index < -0.39 is 17.7 Å². The molecule has 1 atom stereocenters. The third-order valence-electron chi connectivity index (χ3n) is 5.92. The molecule has 1 unspecified atom stereocenters. The number of ketones is 1. The van der Waals surface area contributed by atoms with E-state index in [1.54, 1.807) is 30.3 Å². The maximum atomic E-state index is 13.2. The second kappa shape index (κ2) is 7.89. The summed E-state index contributed by atoms with van der Waals surface area (Å²) in [6.45, 7) is 1.31. The lowest BCUT2D eigenvalue weighted by Crippen LogP contribution is -2.29. The zero-order valence-electron chi connectivity index (χ0n) is 17.6. The van der Waals surface area contributed by atoms with Gasteiger partial charge >= 0.3 is 0 Å². The molecule has 1 fully saturated rings. The number of aliphatic hydroxyl groups excluding tert-OH is 1. The third-order valence-corrected chi connectivity index (χ3v) is 5.92. The summed E-state index contributed by atoms with van der Waals surface area (Å²) in [5.41, 5.74) is 2.71. The van der Waals surface area contributed by atoms with E-state index in [1.807, 2.05) is 60.5 Å². The maximum Gasteiger partial charge on any atom is 0.300 e. The van der Waals surface area contributed by atoms with Crippen LogP contribution >= 0.6 is 0 Å². The highest BCUT2D eigenvalue weighted by Crippen LogP contribution is 2.43. The number of fused-ring (bicyclic) bond motifs is 1. The maximum absolute atomic E-state index is 13.2. The lowest BCUT2D eigenvalue weighted by molar-refractivity contribution is -0.132. The van der Waals surface area contributed by atoms with Crippen molar-refractivity contribution in [2.75, 3.05) is 30.0 Å². The Morgan fingerprint density at radius 3 is 2.38 bits per heavy atom. The number of nitrogens with zero attached hydrogens (tertiary/aromatic N) is 2. The van der Waals surface area contributed by atoms with E-state index in [1.165, 1.54) is 4.90 Å². The van der Waals surface area contributed by atoms with E-state index in [0.717, 1.165) is 23.5 Å². The highest BCUT2D eigenvalue weighted by Gasteiger charge is 2.46. The fourth-order valence-electron chi connectivity index (χ4n) is 4.29. The van der Waals surface area contributed by atoms with E-state index in [2.05, 4.69) is 0 Å². The van der Waals surface area contributed by atoms with Gasteiger partial charge < -0.3 is 14.7 Å².